The van der Waals surface area contributed by atoms with Crippen LogP contribution in [0.25, 0.3) is 0 Å². The van der Waals surface area contributed by atoms with E-state index in [9.17, 15) is 0 Å². The second-order valence-electron chi connectivity index (χ2n) is 1.89. The lowest BCUT2D eigenvalue weighted by molar-refractivity contribution is 0.406. The van der Waals surface area contributed by atoms with E-state index >= 15 is 0 Å². The van der Waals surface area contributed by atoms with Gasteiger partial charge >= 0.3 is 0 Å². The van der Waals surface area contributed by atoms with Gasteiger partial charge in [0, 0.05) is 11.0 Å². The van der Waals surface area contributed by atoms with Crippen LogP contribution >= 0.6 is 12.6 Å². The molecule has 0 saturated heterocycles. The minimum atomic E-state index is 0.171. The van der Waals surface area contributed by atoms with Crippen LogP contribution in [0.3, 0.4) is 0 Å². The molecule has 0 aromatic heterocycles. The van der Waals surface area contributed by atoms with E-state index in [4.69, 9.17) is 9.84 Å². The molecule has 3 heteroatoms. The summed E-state index contributed by atoms with van der Waals surface area (Å²) >= 11 is 4.04. The topological polar surface area (TPSA) is 29.5 Å². The molecule has 0 spiro atoms. The zero-order valence-corrected chi connectivity index (χ0v) is 6.43. The van der Waals surface area contributed by atoms with Crippen molar-refractivity contribution in [3.05, 3.63) is 18.2 Å². The Labute approximate surface area is 64.9 Å². The fourth-order valence-electron chi connectivity index (χ4n) is 0.686. The van der Waals surface area contributed by atoms with Crippen molar-refractivity contribution in [2.45, 2.75) is 4.90 Å². The summed E-state index contributed by atoms with van der Waals surface area (Å²) in [7, 11) is 1.54. The van der Waals surface area contributed by atoms with Crippen molar-refractivity contribution in [1.29, 1.82) is 0 Å². The van der Waals surface area contributed by atoms with Crippen LogP contribution < -0.4 is 4.74 Å². The van der Waals surface area contributed by atoms with Crippen molar-refractivity contribution in [2.24, 2.45) is 0 Å². The van der Waals surface area contributed by atoms with Crippen molar-refractivity contribution in [2.75, 3.05) is 7.11 Å². The van der Waals surface area contributed by atoms with Crippen LogP contribution in [0.1, 0.15) is 0 Å². The number of aromatic hydroxyl groups is 1. The van der Waals surface area contributed by atoms with Gasteiger partial charge in [-0.2, -0.15) is 0 Å². The molecule has 1 N–H and O–H groups in total. The predicted molar refractivity (Wildman–Crippen MR) is 41.9 cm³/mol. The number of thiol groups is 1. The summed E-state index contributed by atoms with van der Waals surface area (Å²) in [6.07, 6.45) is 0. The molecule has 1 rings (SSSR count). The normalized spacial score (nSPS) is 9.40. The maximum Gasteiger partial charge on any atom is 0.123 e. The Morgan fingerprint density at radius 1 is 1.40 bits per heavy atom. The molecule has 0 amide bonds. The van der Waals surface area contributed by atoms with Crippen molar-refractivity contribution < 1.29 is 9.84 Å². The van der Waals surface area contributed by atoms with E-state index in [2.05, 4.69) is 12.6 Å². The number of phenols is 1. The molecule has 0 atom stereocenters. The van der Waals surface area contributed by atoms with Crippen LogP contribution in [0.5, 0.6) is 11.5 Å². The number of benzene rings is 1. The summed E-state index contributed by atoms with van der Waals surface area (Å²) in [6.45, 7) is 0. The van der Waals surface area contributed by atoms with Gasteiger partial charge in [-0.05, 0) is 12.1 Å². The van der Waals surface area contributed by atoms with Crippen molar-refractivity contribution >= 4 is 12.6 Å². The van der Waals surface area contributed by atoms with Gasteiger partial charge in [-0.25, -0.2) is 0 Å². The first-order valence-corrected chi connectivity index (χ1v) is 3.24. The molecule has 0 aliphatic carbocycles. The second kappa shape index (κ2) is 2.84. The van der Waals surface area contributed by atoms with Gasteiger partial charge in [0.1, 0.15) is 11.5 Å². The third-order valence-corrected chi connectivity index (χ3v) is 1.37. The molecule has 0 saturated carbocycles. The largest absolute Gasteiger partial charge is 0.508 e. The van der Waals surface area contributed by atoms with Gasteiger partial charge in [0.25, 0.3) is 0 Å². The van der Waals surface area contributed by atoms with Crippen molar-refractivity contribution in [3.8, 4) is 11.5 Å². The lowest BCUT2D eigenvalue weighted by Crippen LogP contribution is -1.81. The number of phenolic OH excluding ortho intramolecular Hbond substituents is 1. The summed E-state index contributed by atoms with van der Waals surface area (Å²) in [4.78, 5) is 0.692. The molecule has 1 aromatic carbocycles. The highest BCUT2D eigenvalue weighted by atomic mass is 32.1. The van der Waals surface area contributed by atoms with Gasteiger partial charge in [-0.15, -0.1) is 12.6 Å². The first-order valence-electron chi connectivity index (χ1n) is 2.79. The highest BCUT2D eigenvalue weighted by molar-refractivity contribution is 7.80. The standard InChI is InChI=1S/C7H8O2S/c1-9-6-2-5(8)3-7(10)4-6/h2-4,8,10H,1H3. The Morgan fingerprint density at radius 2 is 2.10 bits per heavy atom. The Kier molecular flexibility index (Phi) is 2.06. The highest BCUT2D eigenvalue weighted by Crippen LogP contribution is 2.22. The van der Waals surface area contributed by atoms with Crippen LogP contribution in [0.2, 0.25) is 0 Å². The summed E-state index contributed by atoms with van der Waals surface area (Å²) in [5, 5.41) is 9.00. The summed E-state index contributed by atoms with van der Waals surface area (Å²) in [6, 6.07) is 4.80. The SMILES string of the molecule is COc1cc(O)cc(S)c1. The van der Waals surface area contributed by atoms with E-state index in [-0.39, 0.29) is 5.75 Å². The Morgan fingerprint density at radius 3 is 2.60 bits per heavy atom. The highest BCUT2D eigenvalue weighted by Gasteiger charge is 1.94. The second-order valence-corrected chi connectivity index (χ2v) is 2.41. The molecule has 0 radical (unpaired) electrons. The molecule has 0 heterocycles. The first-order chi connectivity index (χ1) is 4.72. The molecule has 0 aliphatic rings. The number of hydrogen-bond donors (Lipinski definition) is 2. The summed E-state index contributed by atoms with van der Waals surface area (Å²) in [5.41, 5.74) is 0. The third-order valence-electron chi connectivity index (χ3n) is 1.11. The van der Waals surface area contributed by atoms with E-state index in [1.165, 1.54) is 6.07 Å². The zero-order valence-electron chi connectivity index (χ0n) is 5.53. The monoisotopic (exact) mass is 156 g/mol. The summed E-state index contributed by atoms with van der Waals surface area (Å²) in [5.74, 6) is 0.786. The lowest BCUT2D eigenvalue weighted by atomic mass is 10.3. The van der Waals surface area contributed by atoms with E-state index in [0.717, 1.165) is 0 Å². The molecule has 1 aromatic rings. The van der Waals surface area contributed by atoms with Crippen molar-refractivity contribution in [3.63, 3.8) is 0 Å². The molecule has 0 aliphatic heterocycles. The van der Waals surface area contributed by atoms with E-state index in [0.29, 0.717) is 10.6 Å². The van der Waals surface area contributed by atoms with E-state index in [1.54, 1.807) is 19.2 Å². The number of rotatable bonds is 1. The van der Waals surface area contributed by atoms with Gasteiger partial charge < -0.3 is 9.84 Å². The average Bonchev–Trinajstić information content (AvgIpc) is 1.85. The van der Waals surface area contributed by atoms with Crippen LogP contribution in [0, 0.1) is 0 Å². The van der Waals surface area contributed by atoms with E-state index < -0.39 is 0 Å². The average molecular weight is 156 g/mol. The van der Waals surface area contributed by atoms with Gasteiger partial charge in [-0.3, -0.25) is 0 Å². The molecular formula is C7H8O2S. The summed E-state index contributed by atoms with van der Waals surface area (Å²) < 4.78 is 4.87. The smallest absolute Gasteiger partial charge is 0.123 e. The van der Waals surface area contributed by atoms with E-state index in [1.807, 2.05) is 0 Å². The van der Waals surface area contributed by atoms with Gasteiger partial charge in [0.15, 0.2) is 0 Å². The fraction of sp³-hybridized carbons (Fsp3) is 0.143. The van der Waals surface area contributed by atoms with Gasteiger partial charge in [-0.1, -0.05) is 0 Å². The number of ether oxygens (including phenoxy) is 1. The molecule has 0 fully saturated rings. The van der Waals surface area contributed by atoms with Crippen LogP contribution in [-0.2, 0) is 0 Å². The minimum absolute atomic E-state index is 0.171. The molecule has 2 nitrogen and oxygen atoms in total. The zero-order chi connectivity index (χ0) is 7.56. The van der Waals surface area contributed by atoms with Crippen LogP contribution in [-0.4, -0.2) is 12.2 Å². The molecule has 54 valence electrons. The van der Waals surface area contributed by atoms with Gasteiger partial charge in [0.2, 0.25) is 0 Å². The van der Waals surface area contributed by atoms with Crippen LogP contribution in [0.4, 0.5) is 0 Å². The molecule has 0 bridgehead atoms. The Bertz CT molecular complexity index is 215. The predicted octanol–water partition coefficient (Wildman–Crippen LogP) is 1.69. The molecular weight excluding hydrogens is 148 g/mol. The van der Waals surface area contributed by atoms with Crippen molar-refractivity contribution in [1.82, 2.24) is 0 Å². The number of hydrogen-bond acceptors (Lipinski definition) is 3. The van der Waals surface area contributed by atoms with Crippen LogP contribution in [0.15, 0.2) is 23.1 Å². The fourth-order valence-corrected chi connectivity index (χ4v) is 0.945. The first kappa shape index (κ1) is 7.28. The third kappa shape index (κ3) is 1.57. The number of methoxy groups -OCH3 is 1. The maximum absolute atomic E-state index is 9.00. The molecule has 0 unspecified atom stereocenters. The van der Waals surface area contributed by atoms with Gasteiger partial charge in [0.05, 0.1) is 7.11 Å². The Balaban J connectivity index is 3.06. The quantitative estimate of drug-likeness (QED) is 0.606. The minimum Gasteiger partial charge on any atom is -0.508 e. The molecule has 10 heavy (non-hydrogen) atoms. The maximum atomic E-state index is 9.00. The lowest BCUT2D eigenvalue weighted by Gasteiger charge is -2.00. The Hall–Kier alpha value is -0.830.